The van der Waals surface area contributed by atoms with Crippen molar-refractivity contribution in [2.75, 3.05) is 26.8 Å². The largest absolute Gasteiger partial charge is 0.493 e. The Kier molecular flexibility index (Phi) is 5.53. The lowest BCUT2D eigenvalue weighted by molar-refractivity contribution is -0.125. The van der Waals surface area contributed by atoms with Gasteiger partial charge in [0.2, 0.25) is 0 Å². The fourth-order valence-corrected chi connectivity index (χ4v) is 3.40. The minimum Gasteiger partial charge on any atom is -0.493 e. The maximum Gasteiger partial charge on any atom is 0.322 e. The zero-order valence-electron chi connectivity index (χ0n) is 15.7. The number of imide groups is 1. The van der Waals surface area contributed by atoms with Crippen LogP contribution >= 0.6 is 0 Å². The molecule has 27 heavy (non-hydrogen) atoms. The van der Waals surface area contributed by atoms with E-state index in [4.69, 9.17) is 9.47 Å². The Morgan fingerprint density at radius 3 is 2.56 bits per heavy atom. The molecule has 146 valence electrons. The van der Waals surface area contributed by atoms with Crippen molar-refractivity contribution in [1.82, 2.24) is 15.5 Å². The molecule has 0 bridgehead atoms. The minimum absolute atomic E-state index is 0.131. The average molecular weight is 375 g/mol. The first-order valence-electron chi connectivity index (χ1n) is 9.23. The molecule has 2 aliphatic heterocycles. The van der Waals surface area contributed by atoms with E-state index in [2.05, 4.69) is 17.6 Å². The summed E-state index contributed by atoms with van der Waals surface area (Å²) >= 11 is 0. The summed E-state index contributed by atoms with van der Waals surface area (Å²) in [6, 6.07) is 4.68. The number of urea groups is 1. The fourth-order valence-electron chi connectivity index (χ4n) is 3.40. The Bertz CT molecular complexity index is 741. The van der Waals surface area contributed by atoms with Crippen molar-refractivity contribution in [3.05, 3.63) is 23.8 Å². The molecule has 3 rings (SSSR count). The molecule has 0 aromatic heterocycles. The van der Waals surface area contributed by atoms with Crippen LogP contribution < -0.4 is 20.1 Å². The van der Waals surface area contributed by atoms with Crippen LogP contribution in [0, 0.1) is 0 Å². The van der Waals surface area contributed by atoms with Crippen molar-refractivity contribution in [3.8, 4) is 11.5 Å². The third kappa shape index (κ3) is 3.84. The number of nitrogens with zero attached hydrogens (tertiary/aromatic N) is 1. The Hall–Kier alpha value is -2.77. The molecule has 2 saturated heterocycles. The molecule has 4 amide bonds. The van der Waals surface area contributed by atoms with Gasteiger partial charge in [-0.25, -0.2) is 4.79 Å². The van der Waals surface area contributed by atoms with Gasteiger partial charge in [-0.1, -0.05) is 13.3 Å². The molecule has 0 aliphatic carbocycles. The van der Waals surface area contributed by atoms with Crippen molar-refractivity contribution in [1.29, 1.82) is 0 Å². The van der Waals surface area contributed by atoms with E-state index in [9.17, 15) is 14.4 Å². The lowest BCUT2D eigenvalue weighted by Gasteiger charge is -2.37. The maximum atomic E-state index is 12.8. The molecule has 0 radical (unpaired) electrons. The second-order valence-electron chi connectivity index (χ2n) is 6.85. The molecule has 1 spiro atoms. The number of piperidine rings is 1. The molecule has 1 aromatic carbocycles. The summed E-state index contributed by atoms with van der Waals surface area (Å²) in [4.78, 5) is 37.9. The summed E-state index contributed by atoms with van der Waals surface area (Å²) in [6.45, 7) is 3.47. The molecule has 2 aliphatic rings. The predicted molar refractivity (Wildman–Crippen MR) is 97.9 cm³/mol. The monoisotopic (exact) mass is 375 g/mol. The van der Waals surface area contributed by atoms with Gasteiger partial charge in [0.05, 0.1) is 13.7 Å². The van der Waals surface area contributed by atoms with Gasteiger partial charge in [0, 0.05) is 18.7 Å². The van der Waals surface area contributed by atoms with E-state index in [-0.39, 0.29) is 11.8 Å². The second kappa shape index (κ2) is 7.85. The number of nitrogens with one attached hydrogen (secondary N) is 2. The number of amides is 4. The minimum atomic E-state index is -0.886. The van der Waals surface area contributed by atoms with Gasteiger partial charge in [-0.2, -0.15) is 0 Å². The van der Waals surface area contributed by atoms with E-state index in [0.29, 0.717) is 49.6 Å². The number of ether oxygens (including phenoxy) is 2. The standard InChI is InChI=1S/C19H25N3O5/c1-3-4-11-27-14-6-5-13(12-15(14)26-2)16(23)22-9-7-19(8-10-22)17(24)20-18(25)21-19/h5-6,12H,3-4,7-11H2,1-2H3,(H2,20,21,24,25). The van der Waals surface area contributed by atoms with Crippen LogP contribution in [0.3, 0.4) is 0 Å². The number of hydrogen-bond donors (Lipinski definition) is 2. The Balaban J connectivity index is 1.66. The Labute approximate surface area is 158 Å². The van der Waals surface area contributed by atoms with Gasteiger partial charge < -0.3 is 19.7 Å². The molecular weight excluding hydrogens is 350 g/mol. The Morgan fingerprint density at radius 2 is 1.96 bits per heavy atom. The predicted octanol–water partition coefficient (Wildman–Crippen LogP) is 1.69. The first-order chi connectivity index (χ1) is 13.0. The first kappa shape index (κ1) is 19.0. The number of carbonyl (C=O) groups excluding carboxylic acids is 3. The smallest absolute Gasteiger partial charge is 0.322 e. The Morgan fingerprint density at radius 1 is 1.22 bits per heavy atom. The number of likely N-dealkylation sites (tertiary alicyclic amines) is 1. The van der Waals surface area contributed by atoms with Gasteiger partial charge in [0.25, 0.3) is 11.8 Å². The van der Waals surface area contributed by atoms with E-state index in [1.165, 1.54) is 0 Å². The molecule has 2 N–H and O–H groups in total. The topological polar surface area (TPSA) is 97.0 Å². The van der Waals surface area contributed by atoms with Gasteiger partial charge in [-0.3, -0.25) is 14.9 Å². The van der Waals surface area contributed by atoms with E-state index >= 15 is 0 Å². The third-order valence-corrected chi connectivity index (χ3v) is 5.08. The fraction of sp³-hybridized carbons (Fsp3) is 0.526. The van der Waals surface area contributed by atoms with Crippen LogP contribution in [0.25, 0.3) is 0 Å². The van der Waals surface area contributed by atoms with Crippen molar-refractivity contribution in [2.45, 2.75) is 38.1 Å². The number of methoxy groups -OCH3 is 1. The molecule has 8 heteroatoms. The van der Waals surface area contributed by atoms with Crippen molar-refractivity contribution in [2.24, 2.45) is 0 Å². The quantitative estimate of drug-likeness (QED) is 0.583. The normalized spacial score (nSPS) is 18.2. The van der Waals surface area contributed by atoms with Crippen LogP contribution in [0.4, 0.5) is 4.79 Å². The SMILES string of the molecule is CCCCOc1ccc(C(=O)N2CCC3(CC2)NC(=O)NC3=O)cc1OC. The summed E-state index contributed by atoms with van der Waals surface area (Å²) in [5.41, 5.74) is -0.381. The van der Waals surface area contributed by atoms with Crippen molar-refractivity contribution < 1.29 is 23.9 Å². The molecule has 0 saturated carbocycles. The lowest BCUT2D eigenvalue weighted by Crippen LogP contribution is -2.55. The van der Waals surface area contributed by atoms with E-state index in [1.807, 2.05) is 0 Å². The van der Waals surface area contributed by atoms with E-state index in [1.54, 1.807) is 30.2 Å². The van der Waals surface area contributed by atoms with Gasteiger partial charge in [-0.05, 0) is 37.5 Å². The highest BCUT2D eigenvalue weighted by atomic mass is 16.5. The van der Waals surface area contributed by atoms with Gasteiger partial charge in [0.1, 0.15) is 5.54 Å². The van der Waals surface area contributed by atoms with Crippen LogP contribution in [0.15, 0.2) is 18.2 Å². The highest BCUT2D eigenvalue weighted by Gasteiger charge is 2.48. The highest BCUT2D eigenvalue weighted by Crippen LogP contribution is 2.30. The molecule has 0 unspecified atom stereocenters. The van der Waals surface area contributed by atoms with Crippen LogP contribution in [0.2, 0.25) is 0 Å². The molecule has 2 heterocycles. The third-order valence-electron chi connectivity index (χ3n) is 5.08. The van der Waals surface area contributed by atoms with Gasteiger partial charge >= 0.3 is 6.03 Å². The number of benzene rings is 1. The average Bonchev–Trinajstić information content (AvgIpc) is 2.95. The van der Waals surface area contributed by atoms with Crippen LogP contribution in [0.5, 0.6) is 11.5 Å². The number of unbranched alkanes of at least 4 members (excludes halogenated alkanes) is 1. The molecule has 8 nitrogen and oxygen atoms in total. The van der Waals surface area contributed by atoms with Crippen LogP contribution in [0.1, 0.15) is 43.0 Å². The van der Waals surface area contributed by atoms with Crippen molar-refractivity contribution in [3.63, 3.8) is 0 Å². The summed E-state index contributed by atoms with van der Waals surface area (Å²) in [7, 11) is 1.54. The van der Waals surface area contributed by atoms with Crippen LogP contribution in [-0.4, -0.2) is 55.1 Å². The van der Waals surface area contributed by atoms with Crippen molar-refractivity contribution >= 4 is 17.8 Å². The second-order valence-corrected chi connectivity index (χ2v) is 6.85. The molecular formula is C19H25N3O5. The molecule has 0 atom stereocenters. The maximum absolute atomic E-state index is 12.8. The molecule has 2 fully saturated rings. The summed E-state index contributed by atoms with van der Waals surface area (Å²) in [6.07, 6.45) is 2.77. The molecule has 1 aromatic rings. The van der Waals surface area contributed by atoms with Gasteiger partial charge in [-0.15, -0.1) is 0 Å². The number of hydrogen-bond acceptors (Lipinski definition) is 5. The zero-order chi connectivity index (χ0) is 19.4. The number of rotatable bonds is 6. The summed E-state index contributed by atoms with van der Waals surface area (Å²) in [5, 5.41) is 4.97. The first-order valence-corrected chi connectivity index (χ1v) is 9.23. The number of carbonyl (C=O) groups is 3. The summed E-state index contributed by atoms with van der Waals surface area (Å²) in [5.74, 6) is 0.696. The van der Waals surface area contributed by atoms with E-state index < -0.39 is 11.6 Å². The van der Waals surface area contributed by atoms with Gasteiger partial charge in [0.15, 0.2) is 11.5 Å². The highest BCUT2D eigenvalue weighted by molar-refractivity contribution is 6.07. The zero-order valence-corrected chi connectivity index (χ0v) is 15.7. The van der Waals surface area contributed by atoms with E-state index in [0.717, 1.165) is 12.8 Å². The lowest BCUT2D eigenvalue weighted by atomic mass is 9.87. The van der Waals surface area contributed by atoms with Crippen LogP contribution in [-0.2, 0) is 4.79 Å². The summed E-state index contributed by atoms with van der Waals surface area (Å²) < 4.78 is 11.1.